The molecule has 0 radical (unpaired) electrons. The van der Waals surface area contributed by atoms with E-state index < -0.39 is 90.7 Å². The molecule has 0 aliphatic rings. The Morgan fingerprint density at radius 2 is 1.20 bits per heavy atom. The van der Waals surface area contributed by atoms with Crippen molar-refractivity contribution < 1.29 is 38.4 Å². The molecular formula is C36H67N9O8S. The Bertz CT molecular complexity index is 1220. The standard InChI is InChI=1S/C36H67N9O8S/c1-9-22(5)30(35(52)40-19-29(48)43-27(17-21(3)4)34(51)42-25(20-46)14-16-54-8)45-36(53)31(23(6)10-2)44-32(49)24(7)41-28(47)18-39-33(50)26(38)13-11-12-15-37/h20-27,30-31H,9-19,37-38H2,1-8H3,(H,39,50)(H,40,52)(H,41,47)(H,42,51)(H,43,48)(H,44,49)(H,45,53)/t22-,23-,24-,25-,26-,27-,30-,31-/m0/s1. The van der Waals surface area contributed by atoms with Crippen molar-refractivity contribution >= 4 is 59.4 Å². The first-order chi connectivity index (χ1) is 25.4. The monoisotopic (exact) mass is 785 g/mol. The number of hydrogen-bond donors (Lipinski definition) is 9. The molecule has 0 bridgehead atoms. The summed E-state index contributed by atoms with van der Waals surface area (Å²) in [5.74, 6) is -4.21. The molecule has 0 aliphatic carbocycles. The number of nitrogens with two attached hydrogens (primary N) is 2. The summed E-state index contributed by atoms with van der Waals surface area (Å²) in [5.41, 5.74) is 11.3. The molecule has 0 aromatic rings. The van der Waals surface area contributed by atoms with E-state index in [2.05, 4.69) is 37.2 Å². The van der Waals surface area contributed by atoms with Gasteiger partial charge in [0, 0.05) is 0 Å². The second-order valence-electron chi connectivity index (χ2n) is 14.1. The second kappa shape index (κ2) is 27.8. The van der Waals surface area contributed by atoms with Crippen molar-refractivity contribution in [2.45, 2.75) is 130 Å². The molecule has 54 heavy (non-hydrogen) atoms. The number of thioether (sulfide) groups is 1. The molecule has 0 saturated carbocycles. The SMILES string of the molecule is CC[C@H](C)[C@H](NC(=O)[C@H](C)NC(=O)CNC(=O)[C@@H](N)CCCCN)C(=O)N[C@H](C(=O)NCC(=O)N[C@@H](CC(C)C)C(=O)N[C@H](C=O)CCSC)[C@@H](C)CC. The lowest BCUT2D eigenvalue weighted by Crippen LogP contribution is -2.60. The van der Waals surface area contributed by atoms with Crippen molar-refractivity contribution in [2.24, 2.45) is 29.2 Å². The highest BCUT2D eigenvalue weighted by Crippen LogP contribution is 2.13. The van der Waals surface area contributed by atoms with Crippen molar-refractivity contribution in [1.29, 1.82) is 0 Å². The second-order valence-corrected chi connectivity index (χ2v) is 15.1. The van der Waals surface area contributed by atoms with E-state index in [0.29, 0.717) is 57.1 Å². The summed E-state index contributed by atoms with van der Waals surface area (Å²) in [6.07, 6.45) is 6.10. The zero-order valence-electron chi connectivity index (χ0n) is 33.4. The van der Waals surface area contributed by atoms with Gasteiger partial charge in [-0.1, -0.05) is 60.8 Å². The maximum absolute atomic E-state index is 13.6. The van der Waals surface area contributed by atoms with Gasteiger partial charge in [0.05, 0.1) is 25.2 Å². The van der Waals surface area contributed by atoms with Crippen LogP contribution < -0.4 is 48.7 Å². The lowest BCUT2D eigenvalue weighted by molar-refractivity contribution is -0.135. The molecule has 0 aromatic carbocycles. The summed E-state index contributed by atoms with van der Waals surface area (Å²) in [6.45, 7) is 12.0. The third-order valence-corrected chi connectivity index (χ3v) is 9.64. The third kappa shape index (κ3) is 20.1. The predicted octanol–water partition coefficient (Wildman–Crippen LogP) is -0.791. The lowest BCUT2D eigenvalue weighted by Gasteiger charge is -2.29. The van der Waals surface area contributed by atoms with E-state index in [0.717, 1.165) is 6.42 Å². The van der Waals surface area contributed by atoms with Crippen molar-refractivity contribution in [2.75, 3.05) is 31.6 Å². The summed E-state index contributed by atoms with van der Waals surface area (Å²) in [5, 5.41) is 18.2. The van der Waals surface area contributed by atoms with Gasteiger partial charge in [-0.15, -0.1) is 0 Å². The Morgan fingerprint density at radius 1 is 0.667 bits per heavy atom. The smallest absolute Gasteiger partial charge is 0.243 e. The maximum Gasteiger partial charge on any atom is 0.243 e. The highest BCUT2D eigenvalue weighted by molar-refractivity contribution is 7.98. The fourth-order valence-corrected chi connectivity index (χ4v) is 5.64. The fourth-order valence-electron chi connectivity index (χ4n) is 5.15. The first-order valence-corrected chi connectivity index (χ1v) is 20.3. The molecule has 0 rings (SSSR count). The van der Waals surface area contributed by atoms with E-state index in [4.69, 9.17) is 11.5 Å². The van der Waals surface area contributed by atoms with Crippen LogP contribution in [0.15, 0.2) is 0 Å². The summed E-state index contributed by atoms with van der Waals surface area (Å²) in [4.78, 5) is 102. The number of nitrogens with one attached hydrogen (secondary N) is 7. The van der Waals surface area contributed by atoms with E-state index in [1.54, 1.807) is 25.6 Å². The van der Waals surface area contributed by atoms with E-state index in [1.807, 2.05) is 34.0 Å². The van der Waals surface area contributed by atoms with Gasteiger partial charge in [-0.2, -0.15) is 11.8 Å². The topological polar surface area (TPSA) is 273 Å². The molecule has 17 nitrogen and oxygen atoms in total. The average molecular weight is 786 g/mol. The van der Waals surface area contributed by atoms with Crippen molar-refractivity contribution in [3.05, 3.63) is 0 Å². The largest absolute Gasteiger partial charge is 0.346 e. The van der Waals surface area contributed by atoms with Gasteiger partial charge in [0.1, 0.15) is 30.5 Å². The molecule has 0 spiro atoms. The van der Waals surface area contributed by atoms with Gasteiger partial charge in [-0.3, -0.25) is 33.6 Å². The van der Waals surface area contributed by atoms with Crippen LogP contribution >= 0.6 is 11.8 Å². The predicted molar refractivity (Wildman–Crippen MR) is 210 cm³/mol. The Balaban J connectivity index is 5.50. The van der Waals surface area contributed by atoms with Crippen LogP contribution in [0, 0.1) is 17.8 Å². The molecule has 0 fully saturated rings. The van der Waals surface area contributed by atoms with Crippen molar-refractivity contribution in [1.82, 2.24) is 37.2 Å². The van der Waals surface area contributed by atoms with Crippen LogP contribution in [0.25, 0.3) is 0 Å². The Hall–Kier alpha value is -3.77. The summed E-state index contributed by atoms with van der Waals surface area (Å²) in [7, 11) is 0. The zero-order valence-corrected chi connectivity index (χ0v) is 34.2. The van der Waals surface area contributed by atoms with Crippen molar-refractivity contribution in [3.63, 3.8) is 0 Å². The summed E-state index contributed by atoms with van der Waals surface area (Å²) < 4.78 is 0. The van der Waals surface area contributed by atoms with Crippen molar-refractivity contribution in [3.8, 4) is 0 Å². The van der Waals surface area contributed by atoms with Gasteiger partial charge < -0.3 is 53.5 Å². The first-order valence-electron chi connectivity index (χ1n) is 18.9. The summed E-state index contributed by atoms with van der Waals surface area (Å²) >= 11 is 1.54. The van der Waals surface area contributed by atoms with Crippen LogP contribution in [-0.4, -0.2) is 116 Å². The molecule has 7 amide bonds. The average Bonchev–Trinajstić information content (AvgIpc) is 3.13. The molecule has 0 aliphatic heterocycles. The van der Waals surface area contributed by atoms with Gasteiger partial charge in [-0.05, 0) is 68.9 Å². The third-order valence-electron chi connectivity index (χ3n) is 8.99. The minimum Gasteiger partial charge on any atom is -0.346 e. The van der Waals surface area contributed by atoms with E-state index in [9.17, 15) is 38.4 Å². The maximum atomic E-state index is 13.6. The Labute approximate surface area is 324 Å². The van der Waals surface area contributed by atoms with Gasteiger partial charge in [-0.25, -0.2) is 0 Å². The van der Waals surface area contributed by atoms with Crippen LogP contribution in [-0.2, 0) is 38.4 Å². The highest BCUT2D eigenvalue weighted by atomic mass is 32.2. The number of rotatable bonds is 28. The molecule has 18 heteroatoms. The lowest BCUT2D eigenvalue weighted by atomic mass is 9.94. The molecule has 11 N–H and O–H groups in total. The molecule has 0 aromatic heterocycles. The Kier molecular flexibility index (Phi) is 25.8. The van der Waals surface area contributed by atoms with Gasteiger partial charge in [0.2, 0.25) is 41.4 Å². The van der Waals surface area contributed by atoms with Crippen LogP contribution in [0.1, 0.15) is 93.4 Å². The van der Waals surface area contributed by atoms with Gasteiger partial charge in [0.25, 0.3) is 0 Å². The van der Waals surface area contributed by atoms with Crippen LogP contribution in [0.2, 0.25) is 0 Å². The number of carbonyl (C=O) groups is 8. The number of amides is 7. The van der Waals surface area contributed by atoms with E-state index in [1.165, 1.54) is 6.92 Å². The minimum atomic E-state index is -1.07. The molecule has 0 saturated heterocycles. The fraction of sp³-hybridized carbons (Fsp3) is 0.778. The molecule has 8 atom stereocenters. The summed E-state index contributed by atoms with van der Waals surface area (Å²) in [6, 6.07) is -5.63. The quantitative estimate of drug-likeness (QED) is 0.0350. The molecule has 0 heterocycles. The normalized spacial score (nSPS) is 15.5. The molecule has 310 valence electrons. The highest BCUT2D eigenvalue weighted by Gasteiger charge is 2.33. The van der Waals surface area contributed by atoms with Crippen LogP contribution in [0.4, 0.5) is 0 Å². The minimum absolute atomic E-state index is 0.0357. The number of carbonyl (C=O) groups excluding carboxylic acids is 8. The molecular weight excluding hydrogens is 719 g/mol. The molecule has 0 unspecified atom stereocenters. The van der Waals surface area contributed by atoms with Crippen LogP contribution in [0.3, 0.4) is 0 Å². The zero-order chi connectivity index (χ0) is 41.4. The number of hydrogen-bond acceptors (Lipinski definition) is 11. The van der Waals surface area contributed by atoms with E-state index in [-0.39, 0.29) is 17.8 Å². The van der Waals surface area contributed by atoms with Crippen LogP contribution in [0.5, 0.6) is 0 Å². The first kappa shape index (κ1) is 50.2. The Morgan fingerprint density at radius 3 is 1.72 bits per heavy atom. The van der Waals surface area contributed by atoms with E-state index >= 15 is 0 Å². The van der Waals surface area contributed by atoms with Gasteiger partial charge >= 0.3 is 0 Å². The number of unbranched alkanes of at least 4 members (excludes halogenated alkanes) is 1. The van der Waals surface area contributed by atoms with Gasteiger partial charge in [0.15, 0.2) is 0 Å². The number of aldehydes is 1.